The molecule has 1 amide bonds. The van der Waals surface area contributed by atoms with Gasteiger partial charge in [-0.05, 0) is 60.7 Å². The van der Waals surface area contributed by atoms with Crippen molar-refractivity contribution in [1.82, 2.24) is 0 Å². The molecular formula is C21H16BrClFNO3. The molecule has 0 saturated carbocycles. The number of hydrogen-bond donors (Lipinski definition) is 1. The molecule has 0 radical (unpaired) electrons. The molecule has 0 spiro atoms. The van der Waals surface area contributed by atoms with E-state index in [1.807, 2.05) is 0 Å². The molecule has 1 N–H and O–H groups in total. The zero-order chi connectivity index (χ0) is 20.1. The summed E-state index contributed by atoms with van der Waals surface area (Å²) in [5.41, 5.74) is 1.14. The molecule has 0 aliphatic rings. The minimum atomic E-state index is -0.525. The summed E-state index contributed by atoms with van der Waals surface area (Å²) in [6.45, 7) is 0.193. The molecule has 0 fully saturated rings. The van der Waals surface area contributed by atoms with Crippen LogP contribution in [0.25, 0.3) is 0 Å². The molecular weight excluding hydrogens is 449 g/mol. The number of methoxy groups -OCH3 is 1. The molecule has 0 aromatic heterocycles. The first-order valence-electron chi connectivity index (χ1n) is 8.28. The first-order valence-corrected chi connectivity index (χ1v) is 9.45. The molecule has 3 aromatic carbocycles. The van der Waals surface area contributed by atoms with Gasteiger partial charge in [0.05, 0.1) is 12.8 Å². The third-order valence-electron chi connectivity index (χ3n) is 3.93. The van der Waals surface area contributed by atoms with Gasteiger partial charge in [0, 0.05) is 20.6 Å². The highest BCUT2D eigenvalue weighted by atomic mass is 79.9. The number of rotatable bonds is 6. The maximum absolute atomic E-state index is 14.0. The molecule has 144 valence electrons. The van der Waals surface area contributed by atoms with Gasteiger partial charge in [0.15, 0.2) is 0 Å². The fourth-order valence-corrected chi connectivity index (χ4v) is 2.97. The zero-order valence-corrected chi connectivity index (χ0v) is 17.2. The third-order valence-corrected chi connectivity index (χ3v) is 4.68. The highest BCUT2D eigenvalue weighted by molar-refractivity contribution is 9.10. The van der Waals surface area contributed by atoms with Gasteiger partial charge >= 0.3 is 0 Å². The summed E-state index contributed by atoms with van der Waals surface area (Å²) >= 11 is 9.05. The lowest BCUT2D eigenvalue weighted by Gasteiger charge is -2.13. The van der Waals surface area contributed by atoms with E-state index in [0.29, 0.717) is 32.1 Å². The standard InChI is InChI=1S/C21H16BrClFNO3/c1-27-20-9-2-13(21(26)25-19-8-3-15(22)11-18(19)24)10-14(20)12-28-17-6-4-16(23)5-7-17/h2-11H,12H2,1H3,(H,25,26). The quantitative estimate of drug-likeness (QED) is 0.481. The molecule has 28 heavy (non-hydrogen) atoms. The number of anilines is 1. The van der Waals surface area contributed by atoms with Gasteiger partial charge in [0.2, 0.25) is 0 Å². The maximum atomic E-state index is 14.0. The Labute approximate surface area is 175 Å². The van der Waals surface area contributed by atoms with Crippen LogP contribution in [0.2, 0.25) is 5.02 Å². The van der Waals surface area contributed by atoms with Crippen LogP contribution in [0.4, 0.5) is 10.1 Å². The molecule has 0 aliphatic heterocycles. The molecule has 3 aromatic rings. The van der Waals surface area contributed by atoms with Crippen LogP contribution in [-0.2, 0) is 6.61 Å². The summed E-state index contributed by atoms with van der Waals surface area (Å²) in [6.07, 6.45) is 0. The van der Waals surface area contributed by atoms with Gasteiger partial charge in [0.1, 0.15) is 23.9 Å². The van der Waals surface area contributed by atoms with Crippen molar-refractivity contribution in [3.8, 4) is 11.5 Å². The van der Waals surface area contributed by atoms with Crippen molar-refractivity contribution < 1.29 is 18.7 Å². The Kier molecular flexibility index (Phi) is 6.54. The molecule has 7 heteroatoms. The topological polar surface area (TPSA) is 47.6 Å². The Hall–Kier alpha value is -2.57. The normalized spacial score (nSPS) is 10.4. The van der Waals surface area contributed by atoms with Crippen molar-refractivity contribution in [2.45, 2.75) is 6.61 Å². The second-order valence-electron chi connectivity index (χ2n) is 5.85. The molecule has 0 atom stereocenters. The third kappa shape index (κ3) is 5.03. The summed E-state index contributed by atoms with van der Waals surface area (Å²) in [5, 5.41) is 3.18. The van der Waals surface area contributed by atoms with Gasteiger partial charge in [0.25, 0.3) is 5.91 Å². The van der Waals surface area contributed by atoms with Gasteiger partial charge in [-0.3, -0.25) is 4.79 Å². The molecule has 4 nitrogen and oxygen atoms in total. The minimum absolute atomic E-state index is 0.1000. The van der Waals surface area contributed by atoms with E-state index in [2.05, 4.69) is 21.2 Å². The number of nitrogens with one attached hydrogen (secondary N) is 1. The van der Waals surface area contributed by atoms with Gasteiger partial charge in [-0.2, -0.15) is 0 Å². The smallest absolute Gasteiger partial charge is 0.255 e. The molecule has 0 saturated heterocycles. The van der Waals surface area contributed by atoms with Crippen LogP contribution in [0.1, 0.15) is 15.9 Å². The number of hydrogen-bond acceptors (Lipinski definition) is 3. The molecule has 3 rings (SSSR count). The summed E-state index contributed by atoms with van der Waals surface area (Å²) in [6, 6.07) is 16.3. The van der Waals surface area contributed by atoms with E-state index < -0.39 is 11.7 Å². The summed E-state index contributed by atoms with van der Waals surface area (Å²) < 4.78 is 25.6. The number of carbonyl (C=O) groups excluding carboxylic acids is 1. The van der Waals surface area contributed by atoms with Crippen LogP contribution < -0.4 is 14.8 Å². The van der Waals surface area contributed by atoms with Crippen molar-refractivity contribution in [1.29, 1.82) is 0 Å². The second-order valence-corrected chi connectivity index (χ2v) is 7.20. The highest BCUT2D eigenvalue weighted by Crippen LogP contribution is 2.25. The van der Waals surface area contributed by atoms with Crippen molar-refractivity contribution in [3.63, 3.8) is 0 Å². The largest absolute Gasteiger partial charge is 0.496 e. The maximum Gasteiger partial charge on any atom is 0.255 e. The van der Waals surface area contributed by atoms with E-state index in [1.54, 1.807) is 48.5 Å². The van der Waals surface area contributed by atoms with E-state index in [0.717, 1.165) is 0 Å². The lowest BCUT2D eigenvalue weighted by atomic mass is 10.1. The lowest BCUT2D eigenvalue weighted by molar-refractivity contribution is 0.102. The molecule has 0 aliphatic carbocycles. The number of benzene rings is 3. The lowest BCUT2D eigenvalue weighted by Crippen LogP contribution is -2.14. The van der Waals surface area contributed by atoms with Gasteiger partial charge in [-0.1, -0.05) is 27.5 Å². The van der Waals surface area contributed by atoms with E-state index >= 15 is 0 Å². The van der Waals surface area contributed by atoms with Crippen LogP contribution in [0.3, 0.4) is 0 Å². The average molecular weight is 465 g/mol. The van der Waals surface area contributed by atoms with Crippen LogP contribution >= 0.6 is 27.5 Å². The van der Waals surface area contributed by atoms with Crippen molar-refractivity contribution >= 4 is 39.1 Å². The molecule has 0 bridgehead atoms. The van der Waals surface area contributed by atoms with Gasteiger partial charge in [-0.25, -0.2) is 4.39 Å². The molecule has 0 heterocycles. The van der Waals surface area contributed by atoms with Crippen LogP contribution in [-0.4, -0.2) is 13.0 Å². The predicted molar refractivity (Wildman–Crippen MR) is 111 cm³/mol. The van der Waals surface area contributed by atoms with Crippen LogP contribution in [0.5, 0.6) is 11.5 Å². The number of amides is 1. The van der Waals surface area contributed by atoms with E-state index in [-0.39, 0.29) is 12.3 Å². The fraction of sp³-hybridized carbons (Fsp3) is 0.0952. The summed E-state index contributed by atoms with van der Waals surface area (Å²) in [7, 11) is 1.54. The Morgan fingerprint density at radius 2 is 1.86 bits per heavy atom. The Balaban J connectivity index is 1.77. The van der Waals surface area contributed by atoms with E-state index in [1.165, 1.54) is 19.2 Å². The Morgan fingerprint density at radius 1 is 1.11 bits per heavy atom. The SMILES string of the molecule is COc1ccc(C(=O)Nc2ccc(Br)cc2F)cc1COc1ccc(Cl)cc1. The van der Waals surface area contributed by atoms with Crippen LogP contribution in [0, 0.1) is 5.82 Å². The van der Waals surface area contributed by atoms with E-state index in [9.17, 15) is 9.18 Å². The molecule has 0 unspecified atom stereocenters. The van der Waals surface area contributed by atoms with Crippen molar-refractivity contribution in [2.75, 3.05) is 12.4 Å². The predicted octanol–water partition coefficient (Wildman–Crippen LogP) is 6.08. The number of ether oxygens (including phenoxy) is 2. The fourth-order valence-electron chi connectivity index (χ4n) is 2.51. The summed E-state index contributed by atoms with van der Waals surface area (Å²) in [5.74, 6) is 0.262. The van der Waals surface area contributed by atoms with Crippen molar-refractivity contribution in [2.24, 2.45) is 0 Å². The Bertz CT molecular complexity index is 995. The second kappa shape index (κ2) is 9.08. The Morgan fingerprint density at radius 3 is 2.54 bits per heavy atom. The van der Waals surface area contributed by atoms with E-state index in [4.69, 9.17) is 21.1 Å². The first kappa shape index (κ1) is 20.2. The van der Waals surface area contributed by atoms with Crippen molar-refractivity contribution in [3.05, 3.63) is 87.1 Å². The summed E-state index contributed by atoms with van der Waals surface area (Å²) in [4.78, 5) is 12.5. The van der Waals surface area contributed by atoms with Gasteiger partial charge < -0.3 is 14.8 Å². The van der Waals surface area contributed by atoms with Crippen LogP contribution in [0.15, 0.2) is 65.1 Å². The first-order chi connectivity index (χ1) is 13.5. The highest BCUT2D eigenvalue weighted by Gasteiger charge is 2.13. The number of carbonyl (C=O) groups is 1. The van der Waals surface area contributed by atoms with Gasteiger partial charge in [-0.15, -0.1) is 0 Å². The monoisotopic (exact) mass is 463 g/mol. The zero-order valence-electron chi connectivity index (χ0n) is 14.8. The minimum Gasteiger partial charge on any atom is -0.496 e. The number of halogens is 3. The average Bonchev–Trinajstić information content (AvgIpc) is 2.69.